The number of nitrogen functional groups attached to an aromatic ring is 1. The summed E-state index contributed by atoms with van der Waals surface area (Å²) in [6.45, 7) is 1.37. The zero-order chi connectivity index (χ0) is 14.7. The van der Waals surface area contributed by atoms with Crippen LogP contribution in [-0.4, -0.2) is 28.9 Å². The molecule has 0 aliphatic carbocycles. The van der Waals surface area contributed by atoms with Crippen LogP contribution in [0.15, 0.2) is 12.3 Å². The van der Waals surface area contributed by atoms with Gasteiger partial charge in [-0.15, -0.1) is 0 Å². The third-order valence-corrected chi connectivity index (χ3v) is 3.47. The van der Waals surface area contributed by atoms with Crippen molar-refractivity contribution >= 4 is 23.1 Å². The second-order valence-corrected chi connectivity index (χ2v) is 4.95. The lowest BCUT2D eigenvalue weighted by molar-refractivity contribution is -0.388. The van der Waals surface area contributed by atoms with Crippen molar-refractivity contribution in [2.75, 3.05) is 23.7 Å². The van der Waals surface area contributed by atoms with Gasteiger partial charge in [-0.25, -0.2) is 0 Å². The van der Waals surface area contributed by atoms with Crippen LogP contribution in [0.2, 0.25) is 0 Å². The first-order valence-electron chi connectivity index (χ1n) is 6.41. The topological polar surface area (TPSA) is 128 Å². The van der Waals surface area contributed by atoms with Gasteiger partial charge in [-0.1, -0.05) is 0 Å². The number of hydrogen-bond acceptors (Lipinski definition) is 6. The van der Waals surface area contributed by atoms with Crippen LogP contribution in [0.1, 0.15) is 19.3 Å². The van der Waals surface area contributed by atoms with E-state index in [0.717, 1.165) is 19.4 Å². The van der Waals surface area contributed by atoms with E-state index in [-0.39, 0.29) is 23.3 Å². The standard InChI is InChI=1S/C12H17N5O3/c13-10(18)6-8-2-1-5-16(7-8)9-3-4-15-12(11(9)14)17(19)20/h3-4,8H,1-2,5-7,14H2,(H2,13,18)/t8-/m1/s1. The fraction of sp³-hybridized carbons (Fsp3) is 0.500. The van der Waals surface area contributed by atoms with E-state index in [1.165, 1.54) is 6.20 Å². The van der Waals surface area contributed by atoms with Crippen molar-refractivity contribution in [3.8, 4) is 0 Å². The predicted molar refractivity (Wildman–Crippen MR) is 74.1 cm³/mol. The number of hydrogen-bond donors (Lipinski definition) is 2. The first-order valence-corrected chi connectivity index (χ1v) is 6.41. The monoisotopic (exact) mass is 279 g/mol. The molecule has 1 aliphatic rings. The van der Waals surface area contributed by atoms with E-state index in [9.17, 15) is 14.9 Å². The number of primary amides is 1. The molecule has 2 heterocycles. The van der Waals surface area contributed by atoms with Gasteiger partial charge in [-0.2, -0.15) is 0 Å². The second kappa shape index (κ2) is 5.72. The average molecular weight is 279 g/mol. The normalized spacial score (nSPS) is 18.8. The van der Waals surface area contributed by atoms with Crippen LogP contribution in [0, 0.1) is 16.0 Å². The highest BCUT2D eigenvalue weighted by atomic mass is 16.6. The Hall–Kier alpha value is -2.38. The third-order valence-electron chi connectivity index (χ3n) is 3.47. The Morgan fingerprint density at radius 3 is 3.00 bits per heavy atom. The molecule has 1 aromatic rings. The molecule has 0 aromatic carbocycles. The first kappa shape index (κ1) is 14.0. The van der Waals surface area contributed by atoms with E-state index in [2.05, 4.69) is 4.98 Å². The average Bonchev–Trinajstić information content (AvgIpc) is 2.38. The Morgan fingerprint density at radius 1 is 1.60 bits per heavy atom. The maximum atomic E-state index is 11.0. The smallest absolute Gasteiger partial charge is 0.388 e. The lowest BCUT2D eigenvalue weighted by Gasteiger charge is -2.34. The Kier molecular flexibility index (Phi) is 4.02. The van der Waals surface area contributed by atoms with Gasteiger partial charge >= 0.3 is 5.82 Å². The molecule has 1 saturated heterocycles. The number of amides is 1. The number of carbonyl (C=O) groups is 1. The van der Waals surface area contributed by atoms with Crippen LogP contribution in [0.25, 0.3) is 0 Å². The van der Waals surface area contributed by atoms with Crippen LogP contribution in [0.4, 0.5) is 17.2 Å². The molecular formula is C12H17N5O3. The molecule has 0 unspecified atom stereocenters. The predicted octanol–water partition coefficient (Wildman–Crippen LogP) is 0.664. The van der Waals surface area contributed by atoms with Gasteiger partial charge in [-0.05, 0) is 28.7 Å². The summed E-state index contributed by atoms with van der Waals surface area (Å²) in [6, 6.07) is 1.66. The second-order valence-electron chi connectivity index (χ2n) is 4.95. The Bertz CT molecular complexity index is 534. The van der Waals surface area contributed by atoms with Gasteiger partial charge in [0.05, 0.1) is 5.69 Å². The Labute approximate surface area is 115 Å². The molecule has 1 aliphatic heterocycles. The molecule has 0 spiro atoms. The number of rotatable bonds is 4. The number of pyridine rings is 1. The summed E-state index contributed by atoms with van der Waals surface area (Å²) < 4.78 is 0. The fourth-order valence-corrected chi connectivity index (χ4v) is 2.61. The van der Waals surface area contributed by atoms with E-state index in [0.29, 0.717) is 18.7 Å². The molecule has 1 amide bonds. The molecule has 108 valence electrons. The molecule has 1 aromatic heterocycles. The molecular weight excluding hydrogens is 262 g/mol. The number of carbonyl (C=O) groups excluding carboxylic acids is 1. The zero-order valence-electron chi connectivity index (χ0n) is 11.0. The molecule has 1 atom stereocenters. The van der Waals surface area contributed by atoms with Crippen molar-refractivity contribution in [2.24, 2.45) is 11.7 Å². The largest absolute Gasteiger partial charge is 0.390 e. The zero-order valence-corrected chi connectivity index (χ0v) is 11.0. The van der Waals surface area contributed by atoms with Gasteiger partial charge in [0.25, 0.3) is 0 Å². The maximum absolute atomic E-state index is 11.0. The van der Waals surface area contributed by atoms with Crippen LogP contribution < -0.4 is 16.4 Å². The molecule has 8 heteroatoms. The number of nitro groups is 1. The van der Waals surface area contributed by atoms with Gasteiger partial charge in [-0.3, -0.25) is 4.79 Å². The summed E-state index contributed by atoms with van der Waals surface area (Å²) in [4.78, 5) is 26.9. The highest BCUT2D eigenvalue weighted by Crippen LogP contribution is 2.33. The maximum Gasteiger partial charge on any atom is 0.388 e. The van der Waals surface area contributed by atoms with Crippen molar-refractivity contribution < 1.29 is 9.72 Å². The van der Waals surface area contributed by atoms with Crippen molar-refractivity contribution in [1.29, 1.82) is 0 Å². The summed E-state index contributed by atoms with van der Waals surface area (Å²) >= 11 is 0. The van der Waals surface area contributed by atoms with E-state index in [1.807, 2.05) is 4.90 Å². The highest BCUT2D eigenvalue weighted by molar-refractivity contribution is 5.75. The van der Waals surface area contributed by atoms with E-state index < -0.39 is 4.92 Å². The van der Waals surface area contributed by atoms with Gasteiger partial charge in [0.1, 0.15) is 6.20 Å². The summed E-state index contributed by atoms with van der Waals surface area (Å²) in [5.74, 6) is -0.502. The van der Waals surface area contributed by atoms with Crippen molar-refractivity contribution in [3.63, 3.8) is 0 Å². The van der Waals surface area contributed by atoms with E-state index in [4.69, 9.17) is 11.5 Å². The Morgan fingerprint density at radius 2 is 2.35 bits per heavy atom. The number of aromatic nitrogens is 1. The van der Waals surface area contributed by atoms with E-state index >= 15 is 0 Å². The quantitative estimate of drug-likeness (QED) is 0.615. The fourth-order valence-electron chi connectivity index (χ4n) is 2.61. The van der Waals surface area contributed by atoms with Gasteiger partial charge in [0, 0.05) is 25.6 Å². The molecule has 20 heavy (non-hydrogen) atoms. The van der Waals surface area contributed by atoms with Crippen LogP contribution >= 0.6 is 0 Å². The summed E-state index contributed by atoms with van der Waals surface area (Å²) in [6.07, 6.45) is 3.52. The molecule has 8 nitrogen and oxygen atoms in total. The SMILES string of the molecule is NC(=O)C[C@H]1CCCN(c2ccnc([N+](=O)[O-])c2N)C1. The third kappa shape index (κ3) is 2.95. The van der Waals surface area contributed by atoms with Crippen molar-refractivity contribution in [3.05, 3.63) is 22.4 Å². The number of piperidine rings is 1. The minimum Gasteiger partial charge on any atom is -0.390 e. The molecule has 0 saturated carbocycles. The van der Waals surface area contributed by atoms with Crippen LogP contribution in [0.3, 0.4) is 0 Å². The lowest BCUT2D eigenvalue weighted by Crippen LogP contribution is -2.37. The molecule has 4 N–H and O–H groups in total. The summed E-state index contributed by atoms with van der Waals surface area (Å²) in [7, 11) is 0. The van der Waals surface area contributed by atoms with Crippen molar-refractivity contribution in [1.82, 2.24) is 4.98 Å². The van der Waals surface area contributed by atoms with Gasteiger partial charge in [0.2, 0.25) is 5.91 Å². The van der Waals surface area contributed by atoms with Crippen LogP contribution in [-0.2, 0) is 4.79 Å². The molecule has 2 rings (SSSR count). The molecule has 0 radical (unpaired) electrons. The van der Waals surface area contributed by atoms with Gasteiger partial charge < -0.3 is 26.5 Å². The number of nitrogens with zero attached hydrogens (tertiary/aromatic N) is 3. The lowest BCUT2D eigenvalue weighted by atomic mass is 9.94. The summed E-state index contributed by atoms with van der Waals surface area (Å²) in [5.41, 5.74) is 11.7. The summed E-state index contributed by atoms with van der Waals surface area (Å²) in [5, 5.41) is 10.8. The van der Waals surface area contributed by atoms with Crippen LogP contribution in [0.5, 0.6) is 0 Å². The number of anilines is 2. The van der Waals surface area contributed by atoms with Gasteiger partial charge in [0.15, 0.2) is 5.69 Å². The minimum atomic E-state index is -0.594. The molecule has 1 fully saturated rings. The minimum absolute atomic E-state index is 0.0669. The number of nitrogens with two attached hydrogens (primary N) is 2. The van der Waals surface area contributed by atoms with E-state index in [1.54, 1.807) is 6.07 Å². The first-order chi connectivity index (χ1) is 9.49. The molecule has 0 bridgehead atoms. The van der Waals surface area contributed by atoms with Crippen molar-refractivity contribution in [2.45, 2.75) is 19.3 Å². The Balaban J connectivity index is 2.21. The highest BCUT2D eigenvalue weighted by Gasteiger charge is 2.26.